The van der Waals surface area contributed by atoms with Crippen molar-refractivity contribution in [1.82, 2.24) is 19.6 Å². The molecule has 0 aliphatic carbocycles. The van der Waals surface area contributed by atoms with Crippen LogP contribution in [0.3, 0.4) is 0 Å². The number of para-hydroxylation sites is 1. The summed E-state index contributed by atoms with van der Waals surface area (Å²) in [6.45, 7) is 4.07. The zero-order valence-electron chi connectivity index (χ0n) is 13.9. The van der Waals surface area contributed by atoms with Gasteiger partial charge in [-0.25, -0.2) is 9.48 Å². The van der Waals surface area contributed by atoms with Crippen molar-refractivity contribution in [1.29, 1.82) is 0 Å². The van der Waals surface area contributed by atoms with Crippen LogP contribution in [-0.4, -0.2) is 25.6 Å². The largest absolute Gasteiger partial charge is 0.324 e. The van der Waals surface area contributed by atoms with Gasteiger partial charge in [-0.15, -0.1) is 0 Å². The molecule has 2 N–H and O–H groups in total. The minimum atomic E-state index is -0.340. The third kappa shape index (κ3) is 3.15. The fourth-order valence-electron chi connectivity index (χ4n) is 2.58. The molecule has 0 atom stereocenters. The Balaban J connectivity index is 1.82. The Hall–Kier alpha value is -3.09. The maximum absolute atomic E-state index is 12.2. The topological polar surface area (TPSA) is 76.8 Å². The molecule has 24 heavy (non-hydrogen) atoms. The van der Waals surface area contributed by atoms with E-state index in [1.807, 2.05) is 42.8 Å². The number of amides is 2. The molecule has 0 saturated carbocycles. The summed E-state index contributed by atoms with van der Waals surface area (Å²) in [6, 6.07) is 9.42. The van der Waals surface area contributed by atoms with Crippen LogP contribution in [0.4, 0.5) is 16.3 Å². The Kier molecular flexibility index (Phi) is 4.33. The number of urea groups is 1. The molecule has 3 aromatic rings. The SMILES string of the molecule is CCc1c(NC(=O)Nc2ccn(C)n2)cnn1-c1ccccc1C. The monoisotopic (exact) mass is 324 g/mol. The van der Waals surface area contributed by atoms with Crippen LogP contribution < -0.4 is 10.6 Å². The smallest absolute Gasteiger partial charge is 0.305 e. The molecule has 0 saturated heterocycles. The second-order valence-electron chi connectivity index (χ2n) is 5.51. The first kappa shape index (κ1) is 15.8. The highest BCUT2D eigenvalue weighted by Gasteiger charge is 2.14. The Morgan fingerprint density at radius 1 is 1.21 bits per heavy atom. The van der Waals surface area contributed by atoms with Crippen molar-refractivity contribution in [2.75, 3.05) is 10.6 Å². The minimum absolute atomic E-state index is 0.340. The van der Waals surface area contributed by atoms with E-state index in [4.69, 9.17) is 0 Å². The van der Waals surface area contributed by atoms with Gasteiger partial charge >= 0.3 is 6.03 Å². The molecular weight excluding hydrogens is 304 g/mol. The van der Waals surface area contributed by atoms with Gasteiger partial charge in [-0.05, 0) is 25.0 Å². The summed E-state index contributed by atoms with van der Waals surface area (Å²) in [7, 11) is 1.80. The number of nitrogens with zero attached hydrogens (tertiary/aromatic N) is 4. The van der Waals surface area contributed by atoms with Gasteiger partial charge in [-0.2, -0.15) is 10.2 Å². The first-order valence-electron chi connectivity index (χ1n) is 7.79. The lowest BCUT2D eigenvalue weighted by molar-refractivity contribution is 0.262. The number of anilines is 2. The van der Waals surface area contributed by atoms with Gasteiger partial charge in [0.1, 0.15) is 0 Å². The number of rotatable bonds is 4. The van der Waals surface area contributed by atoms with Crippen molar-refractivity contribution in [2.24, 2.45) is 7.05 Å². The van der Waals surface area contributed by atoms with Crippen LogP contribution in [0.1, 0.15) is 18.2 Å². The summed E-state index contributed by atoms with van der Waals surface area (Å²) in [5.74, 6) is 0.499. The molecule has 2 heterocycles. The maximum Gasteiger partial charge on any atom is 0.324 e. The summed E-state index contributed by atoms with van der Waals surface area (Å²) >= 11 is 0. The normalized spacial score (nSPS) is 10.6. The highest BCUT2D eigenvalue weighted by atomic mass is 16.2. The van der Waals surface area contributed by atoms with E-state index in [0.717, 1.165) is 23.4 Å². The van der Waals surface area contributed by atoms with E-state index in [9.17, 15) is 4.79 Å². The molecule has 0 spiro atoms. The van der Waals surface area contributed by atoms with E-state index >= 15 is 0 Å². The third-order valence-electron chi connectivity index (χ3n) is 3.75. The molecule has 0 aliphatic heterocycles. The number of aromatic nitrogens is 4. The van der Waals surface area contributed by atoms with Crippen LogP contribution in [0.25, 0.3) is 5.69 Å². The van der Waals surface area contributed by atoms with Gasteiger partial charge < -0.3 is 5.32 Å². The van der Waals surface area contributed by atoms with Crippen molar-refractivity contribution in [2.45, 2.75) is 20.3 Å². The summed E-state index contributed by atoms with van der Waals surface area (Å²) in [6.07, 6.45) is 4.18. The number of carbonyl (C=O) groups excluding carboxylic acids is 1. The van der Waals surface area contributed by atoms with E-state index in [2.05, 4.69) is 20.8 Å². The molecular formula is C17H20N6O. The Morgan fingerprint density at radius 2 is 2.00 bits per heavy atom. The number of hydrogen-bond acceptors (Lipinski definition) is 3. The quantitative estimate of drug-likeness (QED) is 0.774. The lowest BCUT2D eigenvalue weighted by atomic mass is 10.2. The van der Waals surface area contributed by atoms with Crippen molar-refractivity contribution in [3.8, 4) is 5.69 Å². The Morgan fingerprint density at radius 3 is 2.67 bits per heavy atom. The molecule has 0 bridgehead atoms. The zero-order chi connectivity index (χ0) is 17.1. The average molecular weight is 324 g/mol. The van der Waals surface area contributed by atoms with Crippen molar-refractivity contribution in [3.63, 3.8) is 0 Å². The summed E-state index contributed by atoms with van der Waals surface area (Å²) in [5, 5.41) is 14.1. The summed E-state index contributed by atoms with van der Waals surface area (Å²) < 4.78 is 3.50. The predicted octanol–water partition coefficient (Wildman–Crippen LogP) is 3.12. The third-order valence-corrected chi connectivity index (χ3v) is 3.75. The van der Waals surface area contributed by atoms with E-state index in [0.29, 0.717) is 11.5 Å². The Bertz CT molecular complexity index is 864. The van der Waals surface area contributed by atoms with Crippen molar-refractivity contribution < 1.29 is 4.79 Å². The van der Waals surface area contributed by atoms with Crippen LogP contribution in [0.2, 0.25) is 0 Å². The van der Waals surface area contributed by atoms with Crippen LogP contribution in [0, 0.1) is 6.92 Å². The minimum Gasteiger partial charge on any atom is -0.305 e. The van der Waals surface area contributed by atoms with Gasteiger partial charge in [0.25, 0.3) is 0 Å². The number of carbonyl (C=O) groups is 1. The van der Waals surface area contributed by atoms with E-state index in [1.54, 1.807) is 30.2 Å². The maximum atomic E-state index is 12.2. The van der Waals surface area contributed by atoms with E-state index in [1.165, 1.54) is 0 Å². The van der Waals surface area contributed by atoms with Gasteiger partial charge in [0.2, 0.25) is 0 Å². The van der Waals surface area contributed by atoms with Crippen LogP contribution >= 0.6 is 0 Å². The number of benzene rings is 1. The lowest BCUT2D eigenvalue weighted by Gasteiger charge is -2.11. The second kappa shape index (κ2) is 6.57. The van der Waals surface area contributed by atoms with Gasteiger partial charge in [-0.3, -0.25) is 10.00 Å². The van der Waals surface area contributed by atoms with Crippen molar-refractivity contribution >= 4 is 17.5 Å². The Labute approximate surface area is 140 Å². The summed E-state index contributed by atoms with van der Waals surface area (Å²) in [5.41, 5.74) is 3.77. The molecule has 0 radical (unpaired) electrons. The molecule has 7 nitrogen and oxygen atoms in total. The van der Waals surface area contributed by atoms with Gasteiger partial charge in [0, 0.05) is 19.3 Å². The molecule has 0 unspecified atom stereocenters. The molecule has 0 fully saturated rings. The van der Waals surface area contributed by atoms with Gasteiger partial charge in [-0.1, -0.05) is 25.1 Å². The summed E-state index contributed by atoms with van der Waals surface area (Å²) in [4.78, 5) is 12.2. The second-order valence-corrected chi connectivity index (χ2v) is 5.51. The van der Waals surface area contributed by atoms with Gasteiger partial charge in [0.15, 0.2) is 5.82 Å². The van der Waals surface area contributed by atoms with E-state index in [-0.39, 0.29) is 6.03 Å². The molecule has 2 amide bonds. The van der Waals surface area contributed by atoms with Crippen molar-refractivity contribution in [3.05, 3.63) is 54.0 Å². The highest BCUT2D eigenvalue weighted by molar-refractivity contribution is 5.99. The fraction of sp³-hybridized carbons (Fsp3) is 0.235. The average Bonchev–Trinajstić information content (AvgIpc) is 3.13. The first-order chi connectivity index (χ1) is 11.6. The lowest BCUT2D eigenvalue weighted by Crippen LogP contribution is -2.20. The van der Waals surface area contributed by atoms with Crippen LogP contribution in [0.15, 0.2) is 42.7 Å². The number of nitrogens with one attached hydrogen (secondary N) is 2. The molecule has 1 aromatic carbocycles. The highest BCUT2D eigenvalue weighted by Crippen LogP contribution is 2.22. The molecule has 7 heteroatoms. The predicted molar refractivity (Wildman–Crippen MR) is 93.5 cm³/mol. The van der Waals surface area contributed by atoms with Crippen LogP contribution in [0.5, 0.6) is 0 Å². The standard InChI is InChI=1S/C17H20N6O/c1-4-14-13(19-17(24)20-16-9-10-22(3)21-16)11-18-23(14)15-8-6-5-7-12(15)2/h5-11H,4H2,1-3H3,(H2,19,20,21,24). The molecule has 124 valence electrons. The molecule has 0 aliphatic rings. The zero-order valence-corrected chi connectivity index (χ0v) is 13.9. The first-order valence-corrected chi connectivity index (χ1v) is 7.79. The van der Waals surface area contributed by atoms with E-state index < -0.39 is 0 Å². The van der Waals surface area contributed by atoms with Crippen LogP contribution in [-0.2, 0) is 13.5 Å². The van der Waals surface area contributed by atoms with Gasteiger partial charge in [0.05, 0.1) is 23.3 Å². The number of hydrogen-bond donors (Lipinski definition) is 2. The fourth-order valence-corrected chi connectivity index (χ4v) is 2.58. The molecule has 3 rings (SSSR count). The number of aryl methyl sites for hydroxylation is 2. The molecule has 2 aromatic heterocycles.